The predicted molar refractivity (Wildman–Crippen MR) is 23.3 cm³/mol. The molecule has 0 unspecified atom stereocenters. The van der Waals surface area contributed by atoms with Crippen LogP contribution >= 0.6 is 0 Å². The molecular weight excluding hydrogens is 124 g/mol. The molecule has 0 aromatic rings. The van der Waals surface area contributed by atoms with E-state index in [1.54, 1.807) is 0 Å². The monoisotopic (exact) mass is 128 g/mol. The van der Waals surface area contributed by atoms with Crippen molar-refractivity contribution in [2.75, 3.05) is 0 Å². The van der Waals surface area contributed by atoms with Crippen molar-refractivity contribution in [3.05, 3.63) is 0 Å². The lowest BCUT2D eigenvalue weighted by Gasteiger charge is -2.02. The van der Waals surface area contributed by atoms with E-state index < -0.39 is 5.91 Å². The molecule has 0 radical (unpaired) electrons. The number of rotatable bonds is 4. The van der Waals surface area contributed by atoms with Crippen molar-refractivity contribution in [2.24, 2.45) is 20.5 Å². The van der Waals surface area contributed by atoms with Crippen molar-refractivity contribution >= 4 is 0 Å². The first kappa shape index (κ1) is 7.40. The Labute approximate surface area is 49.7 Å². The highest BCUT2D eigenvalue weighted by Gasteiger charge is 2.26. The predicted octanol–water partition coefficient (Wildman–Crippen LogP) is 1.72. The third kappa shape index (κ3) is 1.15. The summed E-state index contributed by atoms with van der Waals surface area (Å²) in [6.45, 7) is 0. The van der Waals surface area contributed by atoms with Gasteiger partial charge in [0.05, 0.1) is 0 Å². The summed E-state index contributed by atoms with van der Waals surface area (Å²) >= 11 is 0. The molecule has 0 aromatic heterocycles. The second kappa shape index (κ2) is 2.64. The van der Waals surface area contributed by atoms with Gasteiger partial charge in [-0.15, -0.1) is 20.5 Å². The van der Waals surface area contributed by atoms with Gasteiger partial charge in [0.1, 0.15) is 0 Å². The molecule has 0 saturated heterocycles. The number of nitrogens with one attached hydrogen (secondary N) is 4. The molecule has 0 amide bonds. The average molecular weight is 128 g/mol. The van der Waals surface area contributed by atoms with Gasteiger partial charge in [0, 0.05) is 0 Å². The molecule has 8 nitrogen and oxygen atoms in total. The summed E-state index contributed by atoms with van der Waals surface area (Å²) in [4.78, 5) is 0. The van der Waals surface area contributed by atoms with E-state index in [9.17, 15) is 0 Å². The average Bonchev–Trinajstić information content (AvgIpc) is 1.95. The fourth-order valence-electron chi connectivity index (χ4n) is 0.150. The number of hydrogen-bond acceptors (Lipinski definition) is 8. The lowest BCUT2D eigenvalue weighted by molar-refractivity contribution is 0.373. The van der Waals surface area contributed by atoms with E-state index in [1.807, 2.05) is 0 Å². The molecule has 0 heterocycles. The van der Waals surface area contributed by atoms with Gasteiger partial charge in [0.25, 0.3) is 0 Å². The zero-order valence-corrected chi connectivity index (χ0v) is 4.29. The van der Waals surface area contributed by atoms with Gasteiger partial charge >= 0.3 is 5.91 Å². The molecule has 0 fully saturated rings. The lowest BCUT2D eigenvalue weighted by atomic mass is 10.7. The molecule has 0 bridgehead atoms. The summed E-state index contributed by atoms with van der Waals surface area (Å²) in [7, 11) is 0. The van der Waals surface area contributed by atoms with Crippen LogP contribution in [0.25, 0.3) is 0 Å². The van der Waals surface area contributed by atoms with E-state index in [0.717, 1.165) is 0 Å². The lowest BCUT2D eigenvalue weighted by Crippen LogP contribution is -2.12. The van der Waals surface area contributed by atoms with Gasteiger partial charge in [-0.3, -0.25) is 0 Å². The third-order valence-corrected chi connectivity index (χ3v) is 0.600. The molecule has 0 spiro atoms. The Morgan fingerprint density at radius 3 is 0.889 bits per heavy atom. The minimum absolute atomic E-state index is 2.17. The van der Waals surface area contributed by atoms with E-state index in [0.29, 0.717) is 0 Å². The van der Waals surface area contributed by atoms with Crippen LogP contribution in [-0.4, -0.2) is 5.91 Å². The largest absolute Gasteiger partial charge is 0.416 e. The molecule has 9 heavy (non-hydrogen) atoms. The smallest absolute Gasteiger partial charge is 0.203 e. The summed E-state index contributed by atoms with van der Waals surface area (Å²) < 4.78 is 0. The minimum Gasteiger partial charge on any atom is -0.203 e. The van der Waals surface area contributed by atoms with Crippen LogP contribution in [0.15, 0.2) is 20.5 Å². The van der Waals surface area contributed by atoms with Crippen LogP contribution in [0, 0.1) is 22.1 Å². The Kier molecular flexibility index (Phi) is 2.17. The zero-order chi connectivity index (χ0) is 7.33. The van der Waals surface area contributed by atoms with Gasteiger partial charge in [-0.2, -0.15) is 0 Å². The molecule has 0 saturated carbocycles. The third-order valence-electron chi connectivity index (χ3n) is 0.600. The number of nitrogens with zero attached hydrogens (tertiary/aromatic N) is 4. The molecule has 0 rings (SSSR count). The molecule has 0 aliphatic carbocycles. The summed E-state index contributed by atoms with van der Waals surface area (Å²) in [6, 6.07) is 0. The van der Waals surface area contributed by atoms with Gasteiger partial charge < -0.3 is 0 Å². The topological polar surface area (TPSA) is 145 Å². The zero-order valence-electron chi connectivity index (χ0n) is 4.29. The van der Waals surface area contributed by atoms with Crippen LogP contribution < -0.4 is 0 Å². The van der Waals surface area contributed by atoms with Crippen LogP contribution in [0.5, 0.6) is 0 Å². The Bertz CT molecular complexity index is 107. The maximum absolute atomic E-state index is 6.29. The Hall–Kier alpha value is -1.60. The molecule has 0 aliphatic heterocycles. The number of hydrogen-bond donors (Lipinski definition) is 4. The first-order valence-electron chi connectivity index (χ1n) is 1.79. The van der Waals surface area contributed by atoms with Crippen LogP contribution in [0.2, 0.25) is 0 Å². The summed E-state index contributed by atoms with van der Waals surface area (Å²) in [5, 5.41) is 10.2. The van der Waals surface area contributed by atoms with Crippen molar-refractivity contribution in [3.8, 4) is 0 Å². The van der Waals surface area contributed by atoms with Crippen LogP contribution in [0.1, 0.15) is 0 Å². The van der Waals surface area contributed by atoms with Gasteiger partial charge in [-0.05, 0) is 0 Å². The Morgan fingerprint density at radius 1 is 0.667 bits per heavy atom. The molecule has 8 heteroatoms. The SMILES string of the molecule is N=NC(N=N)(N=N)N=N. The van der Waals surface area contributed by atoms with Crippen molar-refractivity contribution < 1.29 is 0 Å². The van der Waals surface area contributed by atoms with Crippen molar-refractivity contribution in [2.45, 2.75) is 5.91 Å². The second-order valence-corrected chi connectivity index (χ2v) is 1.05. The normalized spacial score (nSPS) is 15.1. The first-order chi connectivity index (χ1) is 4.24. The van der Waals surface area contributed by atoms with Gasteiger partial charge in [-0.25, -0.2) is 22.1 Å². The van der Waals surface area contributed by atoms with Crippen LogP contribution in [0.4, 0.5) is 0 Å². The summed E-state index contributed by atoms with van der Waals surface area (Å²) in [6.07, 6.45) is 0. The van der Waals surface area contributed by atoms with Crippen molar-refractivity contribution in [1.29, 1.82) is 22.1 Å². The molecular formula is CH4N8. The van der Waals surface area contributed by atoms with Crippen LogP contribution in [0.3, 0.4) is 0 Å². The fourth-order valence-corrected chi connectivity index (χ4v) is 0.150. The Morgan fingerprint density at radius 2 is 0.889 bits per heavy atom. The standard InChI is InChI=1S/CH4N8/c2-6-1(7-3,8-4)9-5/h2-5H. The minimum atomic E-state index is -2.17. The van der Waals surface area contributed by atoms with E-state index in [1.165, 1.54) is 0 Å². The molecule has 0 aliphatic rings. The van der Waals surface area contributed by atoms with E-state index in [4.69, 9.17) is 22.1 Å². The maximum atomic E-state index is 6.29. The van der Waals surface area contributed by atoms with Gasteiger partial charge in [-0.1, -0.05) is 0 Å². The highest BCUT2D eigenvalue weighted by atomic mass is 15.5. The van der Waals surface area contributed by atoms with Gasteiger partial charge in [0.2, 0.25) is 0 Å². The first-order valence-corrected chi connectivity index (χ1v) is 1.79. The molecule has 4 N–H and O–H groups in total. The fraction of sp³-hybridized carbons (Fsp3) is 1.00. The van der Waals surface area contributed by atoms with E-state index in [-0.39, 0.29) is 0 Å². The van der Waals surface area contributed by atoms with Crippen molar-refractivity contribution in [1.82, 2.24) is 0 Å². The van der Waals surface area contributed by atoms with E-state index in [2.05, 4.69) is 20.5 Å². The highest BCUT2D eigenvalue weighted by Crippen LogP contribution is 2.14. The summed E-state index contributed by atoms with van der Waals surface area (Å²) in [5.74, 6) is -2.17. The maximum Gasteiger partial charge on any atom is 0.416 e. The highest BCUT2D eigenvalue weighted by molar-refractivity contribution is 4.67. The molecule has 0 atom stereocenters. The Balaban J connectivity index is 4.53. The second-order valence-electron chi connectivity index (χ2n) is 1.05. The molecule has 48 valence electrons. The van der Waals surface area contributed by atoms with E-state index >= 15 is 0 Å². The van der Waals surface area contributed by atoms with Crippen molar-refractivity contribution in [3.63, 3.8) is 0 Å². The molecule has 0 aromatic carbocycles. The quantitative estimate of drug-likeness (QED) is 0.408. The van der Waals surface area contributed by atoms with Crippen LogP contribution in [-0.2, 0) is 0 Å². The summed E-state index contributed by atoms with van der Waals surface area (Å²) in [5.41, 5.74) is 25.2. The van der Waals surface area contributed by atoms with Gasteiger partial charge in [0.15, 0.2) is 0 Å².